The minimum atomic E-state index is 0.822. The first kappa shape index (κ1) is 10.0. The zero-order valence-electron chi connectivity index (χ0n) is 8.84. The molecule has 0 aromatic rings. The van der Waals surface area contributed by atoms with Gasteiger partial charge in [-0.1, -0.05) is 20.3 Å². The Bertz CT molecular complexity index is 116. The highest BCUT2D eigenvalue weighted by Gasteiger charge is 2.18. The molecule has 72 valence electrons. The molecular formula is C11H23N. The van der Waals surface area contributed by atoms with Crippen LogP contribution < -0.4 is 0 Å². The van der Waals surface area contributed by atoms with Gasteiger partial charge < -0.3 is 4.90 Å². The van der Waals surface area contributed by atoms with Gasteiger partial charge in [-0.05, 0) is 45.2 Å². The van der Waals surface area contributed by atoms with Gasteiger partial charge in [0.15, 0.2) is 0 Å². The summed E-state index contributed by atoms with van der Waals surface area (Å²) in [6.45, 7) is 9.74. The van der Waals surface area contributed by atoms with Crippen LogP contribution in [0.15, 0.2) is 0 Å². The predicted molar refractivity (Wildman–Crippen MR) is 54.3 cm³/mol. The van der Waals surface area contributed by atoms with Crippen molar-refractivity contribution in [3.05, 3.63) is 0 Å². The molecule has 0 radical (unpaired) electrons. The van der Waals surface area contributed by atoms with E-state index < -0.39 is 0 Å². The predicted octanol–water partition coefficient (Wildman–Crippen LogP) is 2.91. The molecule has 1 aliphatic heterocycles. The molecule has 2 atom stereocenters. The molecule has 0 amide bonds. The third-order valence-electron chi connectivity index (χ3n) is 3.20. The van der Waals surface area contributed by atoms with Crippen molar-refractivity contribution in [3.8, 4) is 0 Å². The summed E-state index contributed by atoms with van der Waals surface area (Å²) in [5.41, 5.74) is 0. The maximum atomic E-state index is 2.64. The fraction of sp³-hybridized carbons (Fsp3) is 1.00. The lowest BCUT2D eigenvalue weighted by Gasteiger charge is -2.25. The normalized spacial score (nSPS) is 24.2. The van der Waals surface area contributed by atoms with Gasteiger partial charge in [-0.15, -0.1) is 0 Å². The second-order valence-electron chi connectivity index (χ2n) is 4.34. The van der Waals surface area contributed by atoms with Crippen LogP contribution in [0.2, 0.25) is 0 Å². The van der Waals surface area contributed by atoms with Crippen LogP contribution in [0.3, 0.4) is 0 Å². The van der Waals surface area contributed by atoms with Crippen LogP contribution in [0.25, 0.3) is 0 Å². The van der Waals surface area contributed by atoms with Crippen molar-refractivity contribution in [2.24, 2.45) is 5.92 Å². The highest BCUT2D eigenvalue weighted by molar-refractivity contribution is 4.74. The number of hydrogen-bond acceptors (Lipinski definition) is 1. The maximum absolute atomic E-state index is 2.64. The Labute approximate surface area is 77.1 Å². The summed E-state index contributed by atoms with van der Waals surface area (Å²) in [6, 6.07) is 0.822. The monoisotopic (exact) mass is 169 g/mol. The molecule has 0 aromatic carbocycles. The maximum Gasteiger partial charge on any atom is 0.00694 e. The molecule has 1 aliphatic rings. The Morgan fingerprint density at radius 3 is 2.25 bits per heavy atom. The van der Waals surface area contributed by atoms with Crippen LogP contribution >= 0.6 is 0 Å². The average molecular weight is 169 g/mol. The van der Waals surface area contributed by atoms with E-state index in [-0.39, 0.29) is 0 Å². The molecule has 1 rings (SSSR count). The molecule has 1 fully saturated rings. The lowest BCUT2D eigenvalue weighted by Crippen LogP contribution is -2.31. The van der Waals surface area contributed by atoms with Crippen LogP contribution in [0, 0.1) is 5.92 Å². The molecule has 1 heteroatoms. The van der Waals surface area contributed by atoms with Crippen LogP contribution in [0.5, 0.6) is 0 Å². The van der Waals surface area contributed by atoms with E-state index in [1.54, 1.807) is 0 Å². The summed E-state index contributed by atoms with van der Waals surface area (Å²) in [7, 11) is 0. The Morgan fingerprint density at radius 1 is 1.17 bits per heavy atom. The lowest BCUT2D eigenvalue weighted by molar-refractivity contribution is 0.223. The summed E-state index contributed by atoms with van der Waals surface area (Å²) >= 11 is 0. The fourth-order valence-corrected chi connectivity index (χ4v) is 2.08. The van der Waals surface area contributed by atoms with Gasteiger partial charge in [-0.2, -0.15) is 0 Å². The van der Waals surface area contributed by atoms with Crippen LogP contribution in [-0.4, -0.2) is 24.0 Å². The highest BCUT2D eigenvalue weighted by atomic mass is 15.2. The number of nitrogens with zero attached hydrogens (tertiary/aromatic N) is 1. The molecule has 0 saturated carbocycles. The minimum absolute atomic E-state index is 0.822. The first-order chi connectivity index (χ1) is 5.74. The van der Waals surface area contributed by atoms with Gasteiger partial charge in [0.05, 0.1) is 0 Å². The Morgan fingerprint density at radius 2 is 1.75 bits per heavy atom. The van der Waals surface area contributed by atoms with Crippen molar-refractivity contribution in [2.75, 3.05) is 13.1 Å². The molecule has 0 aromatic heterocycles. The van der Waals surface area contributed by atoms with Crippen LogP contribution in [0.4, 0.5) is 0 Å². The van der Waals surface area contributed by atoms with Gasteiger partial charge in [-0.25, -0.2) is 0 Å². The number of rotatable bonds is 4. The van der Waals surface area contributed by atoms with Gasteiger partial charge in [0.25, 0.3) is 0 Å². The molecule has 0 aliphatic carbocycles. The molecule has 2 unspecified atom stereocenters. The van der Waals surface area contributed by atoms with Crippen molar-refractivity contribution in [1.29, 1.82) is 0 Å². The van der Waals surface area contributed by atoms with E-state index in [0.717, 1.165) is 12.0 Å². The van der Waals surface area contributed by atoms with E-state index in [1.807, 2.05) is 0 Å². The Balaban J connectivity index is 2.21. The Kier molecular flexibility index (Phi) is 4.07. The van der Waals surface area contributed by atoms with Gasteiger partial charge in [0, 0.05) is 6.04 Å². The van der Waals surface area contributed by atoms with Crippen molar-refractivity contribution in [2.45, 2.75) is 52.5 Å². The standard InChI is InChI=1S/C11H23N/c1-4-10(2)9-11(3)12-7-5-6-8-12/h10-11H,4-9H2,1-3H3. The van der Waals surface area contributed by atoms with Crippen molar-refractivity contribution in [3.63, 3.8) is 0 Å². The third-order valence-corrected chi connectivity index (χ3v) is 3.20. The molecule has 12 heavy (non-hydrogen) atoms. The summed E-state index contributed by atoms with van der Waals surface area (Å²) in [5, 5.41) is 0. The SMILES string of the molecule is CCC(C)CC(C)N1CCCC1. The average Bonchev–Trinajstić information content (AvgIpc) is 2.56. The molecule has 0 N–H and O–H groups in total. The largest absolute Gasteiger partial charge is 0.301 e. The second kappa shape index (κ2) is 4.86. The minimum Gasteiger partial charge on any atom is -0.301 e. The summed E-state index contributed by atoms with van der Waals surface area (Å²) in [6.07, 6.45) is 5.56. The molecule has 0 spiro atoms. The molecular weight excluding hydrogens is 146 g/mol. The first-order valence-electron chi connectivity index (χ1n) is 5.48. The number of likely N-dealkylation sites (tertiary alicyclic amines) is 1. The Hall–Kier alpha value is -0.0400. The molecule has 0 bridgehead atoms. The zero-order chi connectivity index (χ0) is 8.97. The lowest BCUT2D eigenvalue weighted by atomic mass is 10.00. The summed E-state index contributed by atoms with van der Waals surface area (Å²) < 4.78 is 0. The second-order valence-corrected chi connectivity index (χ2v) is 4.34. The highest BCUT2D eigenvalue weighted by Crippen LogP contribution is 2.18. The van der Waals surface area contributed by atoms with E-state index in [1.165, 1.54) is 38.8 Å². The van der Waals surface area contributed by atoms with Crippen molar-refractivity contribution in [1.82, 2.24) is 4.90 Å². The first-order valence-corrected chi connectivity index (χ1v) is 5.48. The van der Waals surface area contributed by atoms with Gasteiger partial charge in [0.2, 0.25) is 0 Å². The number of hydrogen-bond donors (Lipinski definition) is 0. The molecule has 1 heterocycles. The summed E-state index contributed by atoms with van der Waals surface area (Å²) in [5.74, 6) is 0.903. The topological polar surface area (TPSA) is 3.24 Å². The van der Waals surface area contributed by atoms with Gasteiger partial charge in [-0.3, -0.25) is 0 Å². The zero-order valence-corrected chi connectivity index (χ0v) is 8.84. The third kappa shape index (κ3) is 2.78. The van der Waals surface area contributed by atoms with Gasteiger partial charge >= 0.3 is 0 Å². The quantitative estimate of drug-likeness (QED) is 0.625. The molecule has 1 saturated heterocycles. The van der Waals surface area contributed by atoms with Crippen molar-refractivity contribution >= 4 is 0 Å². The molecule has 1 nitrogen and oxygen atoms in total. The van der Waals surface area contributed by atoms with Crippen LogP contribution in [-0.2, 0) is 0 Å². The smallest absolute Gasteiger partial charge is 0.00694 e. The summed E-state index contributed by atoms with van der Waals surface area (Å²) in [4.78, 5) is 2.64. The van der Waals surface area contributed by atoms with E-state index in [0.29, 0.717) is 0 Å². The van der Waals surface area contributed by atoms with Crippen LogP contribution in [0.1, 0.15) is 46.5 Å². The fourth-order valence-electron chi connectivity index (χ4n) is 2.08. The van der Waals surface area contributed by atoms with E-state index in [2.05, 4.69) is 25.7 Å². The van der Waals surface area contributed by atoms with Crippen molar-refractivity contribution < 1.29 is 0 Å². The van der Waals surface area contributed by atoms with Gasteiger partial charge in [0.1, 0.15) is 0 Å². The van der Waals surface area contributed by atoms with E-state index in [9.17, 15) is 0 Å². The van der Waals surface area contributed by atoms with E-state index in [4.69, 9.17) is 0 Å². The van der Waals surface area contributed by atoms with E-state index >= 15 is 0 Å².